The van der Waals surface area contributed by atoms with Gasteiger partial charge in [-0.15, -0.1) is 0 Å². The number of hydrogen-bond donors (Lipinski definition) is 1. The Morgan fingerprint density at radius 2 is 1.79 bits per heavy atom. The maximum absolute atomic E-state index is 13.3. The lowest BCUT2D eigenvalue weighted by atomic mass is 10.0. The molecule has 176 valence electrons. The largest absolute Gasteiger partial charge is 0.486 e. The van der Waals surface area contributed by atoms with Crippen molar-refractivity contribution in [2.45, 2.75) is 31.7 Å². The van der Waals surface area contributed by atoms with Crippen molar-refractivity contribution in [3.05, 3.63) is 53.1 Å². The monoisotopic (exact) mass is 469 g/mol. The molecule has 0 aromatic heterocycles. The van der Waals surface area contributed by atoms with Crippen LogP contribution < -0.4 is 19.7 Å². The molecule has 6 nitrogen and oxygen atoms in total. The lowest BCUT2D eigenvalue weighted by Crippen LogP contribution is -2.46. The van der Waals surface area contributed by atoms with Crippen molar-refractivity contribution in [1.29, 1.82) is 0 Å². The van der Waals surface area contributed by atoms with Gasteiger partial charge in [-0.2, -0.15) is 0 Å². The highest BCUT2D eigenvalue weighted by Crippen LogP contribution is 2.31. The molecule has 2 saturated heterocycles. The number of hydrogen-bond acceptors (Lipinski definition) is 5. The van der Waals surface area contributed by atoms with E-state index in [1.54, 1.807) is 0 Å². The van der Waals surface area contributed by atoms with Gasteiger partial charge in [-0.05, 0) is 80.7 Å². The van der Waals surface area contributed by atoms with Crippen molar-refractivity contribution < 1.29 is 14.3 Å². The van der Waals surface area contributed by atoms with Crippen molar-refractivity contribution in [2.24, 2.45) is 5.92 Å². The summed E-state index contributed by atoms with van der Waals surface area (Å²) in [6.07, 6.45) is 4.13. The maximum atomic E-state index is 13.3. The molecule has 2 atom stereocenters. The number of rotatable bonds is 7. The third-order valence-electron chi connectivity index (χ3n) is 6.86. The third-order valence-corrected chi connectivity index (χ3v) is 7.12. The SMILES string of the molecule is O=C(N[C@@H](Cc1ccc2c(c1)OCCO2)CN1CCCC1)[C@H]1CCN(c2ccc(Cl)cc2)C1. The minimum atomic E-state index is 0.00187. The second-order valence-corrected chi connectivity index (χ2v) is 9.74. The number of carbonyl (C=O) groups excluding carboxylic acids is 1. The molecule has 3 aliphatic heterocycles. The van der Waals surface area contributed by atoms with E-state index in [4.69, 9.17) is 21.1 Å². The summed E-state index contributed by atoms with van der Waals surface area (Å²) < 4.78 is 11.4. The van der Waals surface area contributed by atoms with Gasteiger partial charge < -0.3 is 24.6 Å². The molecule has 0 unspecified atom stereocenters. The molecule has 0 bridgehead atoms. The molecular weight excluding hydrogens is 438 g/mol. The molecule has 5 rings (SSSR count). The van der Waals surface area contributed by atoms with Crippen LogP contribution in [0.15, 0.2) is 42.5 Å². The van der Waals surface area contributed by atoms with Crippen LogP contribution in [-0.4, -0.2) is 62.8 Å². The zero-order valence-electron chi connectivity index (χ0n) is 19.0. The van der Waals surface area contributed by atoms with Crippen molar-refractivity contribution in [2.75, 3.05) is 50.8 Å². The van der Waals surface area contributed by atoms with Crippen LogP contribution in [0, 0.1) is 5.92 Å². The molecule has 7 heteroatoms. The van der Waals surface area contributed by atoms with Crippen LogP contribution in [0.1, 0.15) is 24.8 Å². The number of carbonyl (C=O) groups is 1. The van der Waals surface area contributed by atoms with Gasteiger partial charge in [0, 0.05) is 36.4 Å². The quantitative estimate of drug-likeness (QED) is 0.669. The minimum absolute atomic E-state index is 0.00187. The van der Waals surface area contributed by atoms with Gasteiger partial charge in [-0.1, -0.05) is 17.7 Å². The van der Waals surface area contributed by atoms with Crippen molar-refractivity contribution >= 4 is 23.2 Å². The van der Waals surface area contributed by atoms with Crippen LogP contribution >= 0.6 is 11.6 Å². The summed E-state index contributed by atoms with van der Waals surface area (Å²) in [7, 11) is 0. The van der Waals surface area contributed by atoms with E-state index >= 15 is 0 Å². The lowest BCUT2D eigenvalue weighted by molar-refractivity contribution is -0.125. The van der Waals surface area contributed by atoms with Gasteiger partial charge in [-0.25, -0.2) is 0 Å². The molecule has 3 aliphatic rings. The lowest BCUT2D eigenvalue weighted by Gasteiger charge is -2.27. The summed E-state index contributed by atoms with van der Waals surface area (Å²) in [6.45, 7) is 5.91. The fraction of sp³-hybridized carbons (Fsp3) is 0.500. The molecule has 1 amide bonds. The highest BCUT2D eigenvalue weighted by molar-refractivity contribution is 6.30. The fourth-order valence-corrected chi connectivity index (χ4v) is 5.24. The number of amides is 1. The Hall–Kier alpha value is -2.44. The maximum Gasteiger partial charge on any atom is 0.225 e. The second-order valence-electron chi connectivity index (χ2n) is 9.30. The van der Waals surface area contributed by atoms with Crippen LogP contribution in [0.5, 0.6) is 11.5 Å². The Morgan fingerprint density at radius 1 is 1.03 bits per heavy atom. The topological polar surface area (TPSA) is 54.0 Å². The summed E-state index contributed by atoms with van der Waals surface area (Å²) in [4.78, 5) is 18.0. The molecule has 2 aromatic carbocycles. The summed E-state index contributed by atoms with van der Waals surface area (Å²) in [5, 5.41) is 4.13. The summed E-state index contributed by atoms with van der Waals surface area (Å²) in [5.74, 6) is 1.77. The molecule has 1 N–H and O–H groups in total. The Labute approximate surface area is 200 Å². The van der Waals surface area contributed by atoms with Gasteiger partial charge in [0.25, 0.3) is 0 Å². The highest BCUT2D eigenvalue weighted by atomic mass is 35.5. The molecular formula is C26H32ClN3O3. The van der Waals surface area contributed by atoms with E-state index < -0.39 is 0 Å². The summed E-state index contributed by atoms with van der Waals surface area (Å²) in [5.41, 5.74) is 2.29. The fourth-order valence-electron chi connectivity index (χ4n) is 5.12. The van der Waals surface area contributed by atoms with E-state index in [-0.39, 0.29) is 17.9 Å². The molecule has 0 spiro atoms. The Kier molecular flexibility index (Phi) is 6.93. The first-order valence-electron chi connectivity index (χ1n) is 12.1. The number of anilines is 1. The number of nitrogens with zero attached hydrogens (tertiary/aromatic N) is 2. The van der Waals surface area contributed by atoms with E-state index in [9.17, 15) is 4.79 Å². The normalized spacial score (nSPS) is 21.2. The average molecular weight is 470 g/mol. The van der Waals surface area contributed by atoms with Crippen molar-refractivity contribution in [3.8, 4) is 11.5 Å². The van der Waals surface area contributed by atoms with E-state index in [1.165, 1.54) is 12.8 Å². The molecule has 0 aliphatic carbocycles. The average Bonchev–Trinajstić information content (AvgIpc) is 3.52. The molecule has 3 heterocycles. The second kappa shape index (κ2) is 10.2. The van der Waals surface area contributed by atoms with Gasteiger partial charge in [-0.3, -0.25) is 4.79 Å². The van der Waals surface area contributed by atoms with Crippen LogP contribution in [-0.2, 0) is 11.2 Å². The predicted molar refractivity (Wildman–Crippen MR) is 131 cm³/mol. The van der Waals surface area contributed by atoms with E-state index in [0.717, 1.165) is 73.3 Å². The van der Waals surface area contributed by atoms with Crippen LogP contribution in [0.4, 0.5) is 5.69 Å². The number of fused-ring (bicyclic) bond motifs is 1. The summed E-state index contributed by atoms with van der Waals surface area (Å²) in [6, 6.07) is 14.1. The van der Waals surface area contributed by atoms with Crippen molar-refractivity contribution in [1.82, 2.24) is 10.2 Å². The zero-order chi connectivity index (χ0) is 22.6. The van der Waals surface area contributed by atoms with E-state index in [1.807, 2.05) is 30.3 Å². The van der Waals surface area contributed by atoms with Crippen LogP contribution in [0.3, 0.4) is 0 Å². The number of likely N-dealkylation sites (tertiary alicyclic amines) is 1. The molecule has 2 fully saturated rings. The Bertz CT molecular complexity index is 962. The van der Waals surface area contributed by atoms with Crippen LogP contribution in [0.2, 0.25) is 5.02 Å². The number of benzene rings is 2. The first-order chi connectivity index (χ1) is 16.1. The van der Waals surface area contributed by atoms with Crippen molar-refractivity contribution in [3.63, 3.8) is 0 Å². The Balaban J connectivity index is 1.24. The number of ether oxygens (including phenoxy) is 2. The predicted octanol–water partition coefficient (Wildman–Crippen LogP) is 3.76. The standard InChI is InChI=1S/C26H32ClN3O3/c27-21-4-6-23(7-5-21)30-12-9-20(17-30)26(31)28-22(18-29-10-1-2-11-29)15-19-3-8-24-25(16-19)33-14-13-32-24/h3-8,16,20,22H,1-2,9-15,17-18H2,(H,28,31)/t20-,22-/m0/s1. The molecule has 33 heavy (non-hydrogen) atoms. The number of halogens is 1. The zero-order valence-corrected chi connectivity index (χ0v) is 19.7. The molecule has 0 saturated carbocycles. The Morgan fingerprint density at radius 3 is 2.58 bits per heavy atom. The van der Waals surface area contributed by atoms with Crippen LogP contribution in [0.25, 0.3) is 0 Å². The molecule has 2 aromatic rings. The van der Waals surface area contributed by atoms with Gasteiger partial charge >= 0.3 is 0 Å². The minimum Gasteiger partial charge on any atom is -0.486 e. The van der Waals surface area contributed by atoms with E-state index in [0.29, 0.717) is 13.2 Å². The molecule has 0 radical (unpaired) electrons. The van der Waals surface area contributed by atoms with Gasteiger partial charge in [0.1, 0.15) is 13.2 Å². The summed E-state index contributed by atoms with van der Waals surface area (Å²) >= 11 is 6.03. The first kappa shape index (κ1) is 22.4. The third kappa shape index (κ3) is 5.56. The smallest absolute Gasteiger partial charge is 0.225 e. The highest BCUT2D eigenvalue weighted by Gasteiger charge is 2.30. The first-order valence-corrected chi connectivity index (χ1v) is 12.4. The van der Waals surface area contributed by atoms with Gasteiger partial charge in [0.15, 0.2) is 11.5 Å². The van der Waals surface area contributed by atoms with Gasteiger partial charge in [0.2, 0.25) is 5.91 Å². The number of nitrogens with one attached hydrogen (secondary N) is 1. The van der Waals surface area contributed by atoms with Gasteiger partial charge in [0.05, 0.1) is 5.92 Å². The van der Waals surface area contributed by atoms with E-state index in [2.05, 4.69) is 27.2 Å².